The van der Waals surface area contributed by atoms with Crippen LogP contribution in [0.15, 0.2) is 71.6 Å². The van der Waals surface area contributed by atoms with E-state index in [2.05, 4.69) is 0 Å². The van der Waals surface area contributed by atoms with Crippen molar-refractivity contribution in [2.75, 3.05) is 7.11 Å². The van der Waals surface area contributed by atoms with E-state index in [1.54, 1.807) is 12.3 Å². The number of allylic oxidation sites excluding steroid dienone is 5. The Kier molecular flexibility index (Phi) is 5.37. The third kappa shape index (κ3) is 3.76. The van der Waals surface area contributed by atoms with Crippen molar-refractivity contribution in [1.29, 1.82) is 0 Å². The lowest BCUT2D eigenvalue weighted by atomic mass is 9.94. The quantitative estimate of drug-likeness (QED) is 0.473. The molecule has 0 bridgehead atoms. The predicted octanol–water partition coefficient (Wildman–Crippen LogP) is 4.26. The standard InChI is InChI=1S/C19H20O3/c1-4-17(19(20)21-3)16-10-7-9-15(12-16)13-22-18-11-6-5-8-14(18)2/h4-11,13H,12H2,1-3H3/b15-13?,17-4+. The number of rotatable bonds is 4. The van der Waals surface area contributed by atoms with Gasteiger partial charge in [-0.1, -0.05) is 42.5 Å². The number of ether oxygens (including phenoxy) is 2. The van der Waals surface area contributed by atoms with Crippen LogP contribution in [0, 0.1) is 6.92 Å². The van der Waals surface area contributed by atoms with Crippen molar-refractivity contribution in [2.45, 2.75) is 20.3 Å². The molecule has 1 aromatic carbocycles. The molecular formula is C19H20O3. The summed E-state index contributed by atoms with van der Waals surface area (Å²) in [4.78, 5) is 11.8. The molecule has 0 spiro atoms. The van der Waals surface area contributed by atoms with Gasteiger partial charge >= 0.3 is 5.97 Å². The van der Waals surface area contributed by atoms with E-state index < -0.39 is 0 Å². The highest BCUT2D eigenvalue weighted by Crippen LogP contribution is 2.26. The monoisotopic (exact) mass is 296 g/mol. The van der Waals surface area contributed by atoms with Crippen molar-refractivity contribution >= 4 is 5.97 Å². The summed E-state index contributed by atoms with van der Waals surface area (Å²) in [7, 11) is 1.39. The first-order chi connectivity index (χ1) is 10.7. The number of aryl methyl sites for hydroxylation is 1. The largest absolute Gasteiger partial charge is 0.465 e. The van der Waals surface area contributed by atoms with Gasteiger partial charge in [-0.25, -0.2) is 4.79 Å². The fourth-order valence-corrected chi connectivity index (χ4v) is 2.26. The molecule has 22 heavy (non-hydrogen) atoms. The zero-order valence-electron chi connectivity index (χ0n) is 13.1. The SMILES string of the molecule is C/C=C(/C(=O)OC)C1=CC=CC(=COc2ccccc2C)C1. The van der Waals surface area contributed by atoms with Crippen LogP contribution >= 0.6 is 0 Å². The highest BCUT2D eigenvalue weighted by atomic mass is 16.5. The molecule has 0 unspecified atom stereocenters. The Morgan fingerprint density at radius 3 is 2.73 bits per heavy atom. The number of hydrogen-bond donors (Lipinski definition) is 0. The Balaban J connectivity index is 2.12. The molecule has 0 saturated heterocycles. The van der Waals surface area contributed by atoms with Gasteiger partial charge in [0.15, 0.2) is 0 Å². The second-order valence-corrected chi connectivity index (χ2v) is 5.00. The fourth-order valence-electron chi connectivity index (χ4n) is 2.26. The molecule has 0 N–H and O–H groups in total. The molecule has 0 radical (unpaired) electrons. The summed E-state index contributed by atoms with van der Waals surface area (Å²) in [5.41, 5.74) is 3.60. The lowest BCUT2D eigenvalue weighted by Gasteiger charge is -2.14. The fraction of sp³-hybridized carbons (Fsp3) is 0.211. The van der Waals surface area contributed by atoms with Crippen molar-refractivity contribution in [3.8, 4) is 5.75 Å². The average molecular weight is 296 g/mol. The molecule has 0 heterocycles. The highest BCUT2D eigenvalue weighted by molar-refractivity contribution is 5.93. The number of carbonyl (C=O) groups excluding carboxylic acids is 1. The number of esters is 1. The molecule has 3 heteroatoms. The summed E-state index contributed by atoms with van der Waals surface area (Å²) in [5, 5.41) is 0. The van der Waals surface area contributed by atoms with Crippen LogP contribution in [-0.4, -0.2) is 13.1 Å². The first-order valence-electron chi connectivity index (χ1n) is 7.19. The first kappa shape index (κ1) is 15.8. The zero-order chi connectivity index (χ0) is 15.9. The molecule has 0 aromatic heterocycles. The summed E-state index contributed by atoms with van der Waals surface area (Å²) in [5.74, 6) is 0.516. The second kappa shape index (κ2) is 7.46. The van der Waals surface area contributed by atoms with Crippen LogP contribution < -0.4 is 4.74 Å². The van der Waals surface area contributed by atoms with E-state index in [9.17, 15) is 4.79 Å². The lowest BCUT2D eigenvalue weighted by molar-refractivity contribution is -0.135. The average Bonchev–Trinajstić information content (AvgIpc) is 2.55. The van der Waals surface area contributed by atoms with Crippen molar-refractivity contribution in [3.63, 3.8) is 0 Å². The minimum Gasteiger partial charge on any atom is -0.465 e. The molecule has 0 saturated carbocycles. The molecule has 2 rings (SSSR count). The third-order valence-corrected chi connectivity index (χ3v) is 3.47. The van der Waals surface area contributed by atoms with Crippen LogP contribution in [-0.2, 0) is 9.53 Å². The van der Waals surface area contributed by atoms with Gasteiger partial charge in [0.25, 0.3) is 0 Å². The summed E-state index contributed by atoms with van der Waals surface area (Å²) in [6, 6.07) is 7.86. The van der Waals surface area contributed by atoms with Gasteiger partial charge in [0, 0.05) is 6.42 Å². The van der Waals surface area contributed by atoms with Gasteiger partial charge in [-0.15, -0.1) is 0 Å². The summed E-state index contributed by atoms with van der Waals surface area (Å²) in [6.07, 6.45) is 9.96. The maximum Gasteiger partial charge on any atom is 0.337 e. The van der Waals surface area contributed by atoms with Gasteiger partial charge in [0.05, 0.1) is 18.9 Å². The van der Waals surface area contributed by atoms with E-state index in [1.807, 2.05) is 56.3 Å². The van der Waals surface area contributed by atoms with Crippen molar-refractivity contribution in [2.24, 2.45) is 0 Å². The van der Waals surface area contributed by atoms with Gasteiger partial charge in [0.2, 0.25) is 0 Å². The summed E-state index contributed by atoms with van der Waals surface area (Å²) >= 11 is 0. The molecule has 114 valence electrons. The minimum atomic E-state index is -0.316. The Morgan fingerprint density at radius 1 is 1.27 bits per heavy atom. The second-order valence-electron chi connectivity index (χ2n) is 5.00. The zero-order valence-corrected chi connectivity index (χ0v) is 13.1. The van der Waals surface area contributed by atoms with E-state index in [4.69, 9.17) is 9.47 Å². The van der Waals surface area contributed by atoms with E-state index in [1.165, 1.54) is 7.11 Å². The molecule has 0 atom stereocenters. The smallest absolute Gasteiger partial charge is 0.337 e. The van der Waals surface area contributed by atoms with Crippen LogP contribution in [0.1, 0.15) is 18.9 Å². The molecule has 3 nitrogen and oxygen atoms in total. The van der Waals surface area contributed by atoms with Crippen LogP contribution in [0.5, 0.6) is 5.75 Å². The van der Waals surface area contributed by atoms with Gasteiger partial charge < -0.3 is 9.47 Å². The Bertz CT molecular complexity index is 676. The van der Waals surface area contributed by atoms with Crippen LogP contribution in [0.2, 0.25) is 0 Å². The topological polar surface area (TPSA) is 35.5 Å². The van der Waals surface area contributed by atoms with E-state index in [-0.39, 0.29) is 5.97 Å². The third-order valence-electron chi connectivity index (χ3n) is 3.47. The maximum atomic E-state index is 11.8. The molecule has 0 amide bonds. The van der Waals surface area contributed by atoms with Gasteiger partial charge in [0.1, 0.15) is 5.75 Å². The molecule has 1 aliphatic carbocycles. The first-order valence-corrected chi connectivity index (χ1v) is 7.19. The Hall–Kier alpha value is -2.55. The summed E-state index contributed by atoms with van der Waals surface area (Å²) in [6.45, 7) is 3.84. The predicted molar refractivity (Wildman–Crippen MR) is 87.5 cm³/mol. The van der Waals surface area contributed by atoms with Gasteiger partial charge in [-0.3, -0.25) is 0 Å². The van der Waals surface area contributed by atoms with E-state index in [0.29, 0.717) is 12.0 Å². The van der Waals surface area contributed by atoms with E-state index in [0.717, 1.165) is 22.5 Å². The van der Waals surface area contributed by atoms with Crippen LogP contribution in [0.3, 0.4) is 0 Å². The molecular weight excluding hydrogens is 276 g/mol. The normalized spacial score (nSPS) is 16.4. The number of methoxy groups -OCH3 is 1. The van der Waals surface area contributed by atoms with E-state index >= 15 is 0 Å². The number of para-hydroxylation sites is 1. The number of carbonyl (C=O) groups is 1. The minimum absolute atomic E-state index is 0.316. The molecule has 0 aliphatic heterocycles. The number of benzene rings is 1. The maximum absolute atomic E-state index is 11.8. The lowest BCUT2D eigenvalue weighted by Crippen LogP contribution is -2.08. The Labute approximate surface area is 131 Å². The summed E-state index contributed by atoms with van der Waals surface area (Å²) < 4.78 is 10.6. The van der Waals surface area contributed by atoms with Crippen molar-refractivity contribution < 1.29 is 14.3 Å². The van der Waals surface area contributed by atoms with Gasteiger partial charge in [-0.05, 0) is 36.6 Å². The van der Waals surface area contributed by atoms with Crippen LogP contribution in [0.25, 0.3) is 0 Å². The van der Waals surface area contributed by atoms with Crippen LogP contribution in [0.4, 0.5) is 0 Å². The number of hydrogen-bond acceptors (Lipinski definition) is 3. The molecule has 0 fully saturated rings. The molecule has 1 aromatic rings. The van der Waals surface area contributed by atoms with Crippen molar-refractivity contribution in [1.82, 2.24) is 0 Å². The van der Waals surface area contributed by atoms with Crippen molar-refractivity contribution in [3.05, 3.63) is 77.1 Å². The molecule has 1 aliphatic rings. The van der Waals surface area contributed by atoms with Gasteiger partial charge in [-0.2, -0.15) is 0 Å². The highest BCUT2D eigenvalue weighted by Gasteiger charge is 2.16. The Morgan fingerprint density at radius 2 is 2.05 bits per heavy atom.